The monoisotopic (exact) mass is 366 g/mol. The largest absolute Gasteiger partial charge is 0.362 e. The van der Waals surface area contributed by atoms with E-state index in [2.05, 4.69) is 26.6 Å². The third-order valence-corrected chi connectivity index (χ3v) is 3.66. The molecule has 2 aromatic carbocycles. The Morgan fingerprint density at radius 3 is 2.62 bits per heavy atom. The maximum absolute atomic E-state index is 12.8. The molecule has 0 aliphatic rings. The van der Waals surface area contributed by atoms with E-state index in [0.29, 0.717) is 5.11 Å². The van der Waals surface area contributed by atoms with Gasteiger partial charge in [0, 0.05) is 16.7 Å². The fourth-order valence-electron chi connectivity index (χ4n) is 1.89. The van der Waals surface area contributed by atoms with Crippen LogP contribution in [0, 0.1) is 5.82 Å². The van der Waals surface area contributed by atoms with Crippen molar-refractivity contribution in [3.05, 3.63) is 64.4 Å². The standard InChI is InChI=1S/C16H16BrFN2S/c17-13-4-1-5-15(11-13)20-16(21)19-10-2-3-12-6-8-14(18)9-7-12/h1,4-9,11H,2-3,10H2,(H2,19,20,21). The van der Waals surface area contributed by atoms with Crippen molar-refractivity contribution in [2.45, 2.75) is 12.8 Å². The molecule has 2 aromatic rings. The summed E-state index contributed by atoms with van der Waals surface area (Å²) < 4.78 is 13.8. The normalized spacial score (nSPS) is 10.2. The number of thiocarbonyl (C=S) groups is 1. The maximum atomic E-state index is 12.8. The van der Waals surface area contributed by atoms with Gasteiger partial charge in [-0.15, -0.1) is 0 Å². The molecule has 5 heteroatoms. The first-order chi connectivity index (χ1) is 10.1. The van der Waals surface area contributed by atoms with Gasteiger partial charge in [0.25, 0.3) is 0 Å². The van der Waals surface area contributed by atoms with E-state index in [9.17, 15) is 4.39 Å². The minimum absolute atomic E-state index is 0.198. The van der Waals surface area contributed by atoms with Crippen LogP contribution in [0.4, 0.5) is 10.1 Å². The zero-order chi connectivity index (χ0) is 15.1. The Morgan fingerprint density at radius 1 is 1.14 bits per heavy atom. The highest BCUT2D eigenvalue weighted by molar-refractivity contribution is 9.10. The first-order valence-corrected chi connectivity index (χ1v) is 7.88. The molecule has 0 atom stereocenters. The van der Waals surface area contributed by atoms with E-state index in [0.717, 1.165) is 35.1 Å². The zero-order valence-corrected chi connectivity index (χ0v) is 13.8. The van der Waals surface area contributed by atoms with Gasteiger partial charge in [0.1, 0.15) is 5.82 Å². The van der Waals surface area contributed by atoms with E-state index >= 15 is 0 Å². The van der Waals surface area contributed by atoms with Crippen molar-refractivity contribution in [3.8, 4) is 0 Å². The second-order valence-corrected chi connectivity index (χ2v) is 5.95. The number of anilines is 1. The van der Waals surface area contributed by atoms with Gasteiger partial charge in [-0.05, 0) is 61.0 Å². The zero-order valence-electron chi connectivity index (χ0n) is 11.4. The fraction of sp³-hybridized carbons (Fsp3) is 0.188. The van der Waals surface area contributed by atoms with Gasteiger partial charge >= 0.3 is 0 Å². The van der Waals surface area contributed by atoms with Gasteiger partial charge in [-0.25, -0.2) is 4.39 Å². The lowest BCUT2D eigenvalue weighted by Gasteiger charge is -2.10. The van der Waals surface area contributed by atoms with Gasteiger partial charge in [-0.2, -0.15) is 0 Å². The number of halogens is 2. The van der Waals surface area contributed by atoms with Crippen LogP contribution in [0.2, 0.25) is 0 Å². The molecule has 0 fully saturated rings. The molecule has 0 bridgehead atoms. The van der Waals surface area contributed by atoms with Crippen LogP contribution in [0.5, 0.6) is 0 Å². The van der Waals surface area contributed by atoms with Gasteiger partial charge in [-0.1, -0.05) is 34.1 Å². The third-order valence-electron chi connectivity index (χ3n) is 2.92. The average Bonchev–Trinajstić information content (AvgIpc) is 2.45. The molecule has 2 N–H and O–H groups in total. The summed E-state index contributed by atoms with van der Waals surface area (Å²) in [5.74, 6) is -0.198. The van der Waals surface area contributed by atoms with Crippen LogP contribution in [0.3, 0.4) is 0 Å². The number of rotatable bonds is 5. The second kappa shape index (κ2) is 8.10. The predicted octanol–water partition coefficient (Wildman–Crippen LogP) is 4.51. The second-order valence-electron chi connectivity index (χ2n) is 4.62. The summed E-state index contributed by atoms with van der Waals surface area (Å²) in [6.07, 6.45) is 1.83. The highest BCUT2D eigenvalue weighted by atomic mass is 79.9. The smallest absolute Gasteiger partial charge is 0.170 e. The Labute approximate surface area is 137 Å². The predicted molar refractivity (Wildman–Crippen MR) is 93.1 cm³/mol. The van der Waals surface area contributed by atoms with Crippen molar-refractivity contribution >= 4 is 38.9 Å². The van der Waals surface area contributed by atoms with E-state index in [4.69, 9.17) is 12.2 Å². The molecule has 0 spiro atoms. The van der Waals surface area contributed by atoms with E-state index in [1.54, 1.807) is 0 Å². The summed E-state index contributed by atoms with van der Waals surface area (Å²) >= 11 is 8.66. The molecule has 0 amide bonds. The van der Waals surface area contributed by atoms with Gasteiger partial charge in [0.05, 0.1) is 0 Å². The number of hydrogen-bond acceptors (Lipinski definition) is 1. The molecule has 2 rings (SSSR count). The lowest BCUT2D eigenvalue weighted by molar-refractivity contribution is 0.626. The minimum atomic E-state index is -0.198. The molecule has 2 nitrogen and oxygen atoms in total. The van der Waals surface area contributed by atoms with Crippen LogP contribution < -0.4 is 10.6 Å². The summed E-state index contributed by atoms with van der Waals surface area (Å²) in [5.41, 5.74) is 2.07. The number of aryl methyl sites for hydroxylation is 1. The molecule has 21 heavy (non-hydrogen) atoms. The molecular formula is C16H16BrFN2S. The van der Waals surface area contributed by atoms with Crippen molar-refractivity contribution in [1.29, 1.82) is 0 Å². The van der Waals surface area contributed by atoms with E-state index in [1.807, 2.05) is 36.4 Å². The van der Waals surface area contributed by atoms with Gasteiger partial charge < -0.3 is 10.6 Å². The van der Waals surface area contributed by atoms with Gasteiger partial charge in [0.2, 0.25) is 0 Å². The van der Waals surface area contributed by atoms with Crippen molar-refractivity contribution in [2.24, 2.45) is 0 Å². The van der Waals surface area contributed by atoms with Gasteiger partial charge in [-0.3, -0.25) is 0 Å². The number of nitrogens with one attached hydrogen (secondary N) is 2. The molecule has 0 saturated carbocycles. The number of hydrogen-bond donors (Lipinski definition) is 2. The number of benzene rings is 2. The Morgan fingerprint density at radius 2 is 1.90 bits per heavy atom. The van der Waals surface area contributed by atoms with E-state index < -0.39 is 0 Å². The third kappa shape index (κ3) is 5.81. The summed E-state index contributed by atoms with van der Waals surface area (Å²) in [6.45, 7) is 0.775. The first-order valence-electron chi connectivity index (χ1n) is 6.68. The van der Waals surface area contributed by atoms with E-state index in [1.165, 1.54) is 12.1 Å². The van der Waals surface area contributed by atoms with Crippen molar-refractivity contribution < 1.29 is 4.39 Å². The maximum Gasteiger partial charge on any atom is 0.170 e. The van der Waals surface area contributed by atoms with Crippen LogP contribution in [0.25, 0.3) is 0 Å². The summed E-state index contributed by atoms with van der Waals surface area (Å²) in [6, 6.07) is 14.4. The molecule has 110 valence electrons. The van der Waals surface area contributed by atoms with Crippen LogP contribution >= 0.6 is 28.1 Å². The lowest BCUT2D eigenvalue weighted by Crippen LogP contribution is -2.29. The van der Waals surface area contributed by atoms with Crippen LogP contribution in [-0.2, 0) is 6.42 Å². The van der Waals surface area contributed by atoms with Crippen molar-refractivity contribution in [1.82, 2.24) is 5.32 Å². The summed E-state index contributed by atoms with van der Waals surface area (Å²) in [4.78, 5) is 0. The van der Waals surface area contributed by atoms with Crippen LogP contribution in [0.15, 0.2) is 53.0 Å². The molecule has 0 aromatic heterocycles. The molecule has 0 saturated heterocycles. The molecule has 0 unspecified atom stereocenters. The first kappa shape index (κ1) is 15.9. The highest BCUT2D eigenvalue weighted by Gasteiger charge is 1.99. The lowest BCUT2D eigenvalue weighted by atomic mass is 10.1. The molecule has 0 aliphatic heterocycles. The van der Waals surface area contributed by atoms with Crippen LogP contribution in [0.1, 0.15) is 12.0 Å². The van der Waals surface area contributed by atoms with Crippen LogP contribution in [-0.4, -0.2) is 11.7 Å². The Hall–Kier alpha value is -1.46. The van der Waals surface area contributed by atoms with Crippen molar-refractivity contribution in [3.63, 3.8) is 0 Å². The topological polar surface area (TPSA) is 24.1 Å². The summed E-state index contributed by atoms with van der Waals surface area (Å²) in [5, 5.41) is 6.90. The Kier molecular flexibility index (Phi) is 6.14. The quantitative estimate of drug-likeness (QED) is 0.601. The minimum Gasteiger partial charge on any atom is -0.362 e. The SMILES string of the molecule is Fc1ccc(CCCNC(=S)Nc2cccc(Br)c2)cc1. The Balaban J connectivity index is 1.68. The molecule has 0 heterocycles. The highest BCUT2D eigenvalue weighted by Crippen LogP contribution is 2.15. The van der Waals surface area contributed by atoms with E-state index in [-0.39, 0.29) is 5.82 Å². The molecule has 0 radical (unpaired) electrons. The summed E-state index contributed by atoms with van der Waals surface area (Å²) in [7, 11) is 0. The molecule has 0 aliphatic carbocycles. The average molecular weight is 367 g/mol. The van der Waals surface area contributed by atoms with Crippen molar-refractivity contribution in [2.75, 3.05) is 11.9 Å². The fourth-order valence-corrected chi connectivity index (χ4v) is 2.51. The van der Waals surface area contributed by atoms with Gasteiger partial charge in [0.15, 0.2) is 5.11 Å². The molecular weight excluding hydrogens is 351 g/mol. The Bertz CT molecular complexity index is 601.